The van der Waals surface area contributed by atoms with Gasteiger partial charge in [-0.2, -0.15) is 0 Å². The Morgan fingerprint density at radius 3 is 2.00 bits per heavy atom. The van der Waals surface area contributed by atoms with Crippen LogP contribution < -0.4 is 4.57 Å². The summed E-state index contributed by atoms with van der Waals surface area (Å²) >= 11 is 0. The van der Waals surface area contributed by atoms with E-state index in [1.54, 1.807) is 6.92 Å². The Hall–Kier alpha value is -1.31. The summed E-state index contributed by atoms with van der Waals surface area (Å²) in [6, 6.07) is 3.62. The van der Waals surface area contributed by atoms with Crippen molar-refractivity contribution in [3.05, 3.63) is 30.1 Å². The fraction of sp³-hybridized carbons (Fsp3) is 0.333. The molecule has 0 fully saturated rings. The van der Waals surface area contributed by atoms with E-state index in [2.05, 4.69) is 4.18 Å². The zero-order valence-corrected chi connectivity index (χ0v) is 10.0. The van der Waals surface area contributed by atoms with Crippen molar-refractivity contribution in [1.29, 1.82) is 0 Å². The molecule has 0 atom stereocenters. The maximum absolute atomic E-state index is 10.7. The number of carbonyl (C=O) groups is 1. The van der Waals surface area contributed by atoms with Gasteiger partial charge < -0.3 is 4.55 Å². The van der Waals surface area contributed by atoms with Gasteiger partial charge in [0.25, 0.3) is 0 Å². The molecule has 0 unspecified atom stereocenters. The van der Waals surface area contributed by atoms with Crippen LogP contribution >= 0.6 is 0 Å². The van der Waals surface area contributed by atoms with E-state index in [4.69, 9.17) is 0 Å². The van der Waals surface area contributed by atoms with Crippen LogP contribution in [-0.2, 0) is 21.6 Å². The summed E-state index contributed by atoms with van der Waals surface area (Å²) in [7, 11) is -1.68. The predicted molar refractivity (Wildman–Crippen MR) is 54.3 cm³/mol. The van der Waals surface area contributed by atoms with Crippen molar-refractivity contribution in [3.63, 3.8) is 0 Å². The van der Waals surface area contributed by atoms with Gasteiger partial charge in [0.05, 0.1) is 7.11 Å². The Labute approximate surface area is 94.4 Å². The summed E-state index contributed by atoms with van der Waals surface area (Å²) in [5, 5.41) is 0. The first kappa shape index (κ1) is 14.7. The number of rotatable bonds is 2. The highest BCUT2D eigenvalue weighted by Crippen LogP contribution is 1.94. The molecule has 1 aromatic heterocycles. The average molecular weight is 247 g/mol. The van der Waals surface area contributed by atoms with Gasteiger partial charge in [-0.15, -0.1) is 0 Å². The van der Waals surface area contributed by atoms with Crippen LogP contribution in [0.5, 0.6) is 0 Å². The molecule has 0 N–H and O–H groups in total. The highest BCUT2D eigenvalue weighted by Gasteiger charge is 1.98. The maximum Gasteiger partial charge on any atom is 0.217 e. The number of hydrogen-bond donors (Lipinski definition) is 0. The normalized spacial score (nSPS) is 10.2. The molecule has 0 aliphatic heterocycles. The maximum atomic E-state index is 10.7. The minimum absolute atomic E-state index is 0.112. The van der Waals surface area contributed by atoms with E-state index in [0.29, 0.717) is 0 Å². The van der Waals surface area contributed by atoms with Gasteiger partial charge in [0, 0.05) is 17.7 Å². The second-order valence-electron chi connectivity index (χ2n) is 2.88. The molecule has 6 nitrogen and oxygen atoms in total. The molecule has 0 aliphatic rings. The predicted octanol–water partition coefficient (Wildman–Crippen LogP) is -0.193. The quantitative estimate of drug-likeness (QED) is 0.313. The summed E-state index contributed by atoms with van der Waals surface area (Å²) in [4.78, 5) is 10.7. The highest BCUT2D eigenvalue weighted by atomic mass is 32.3. The molecular formula is C9H13NO5S. The third kappa shape index (κ3) is 7.04. The molecule has 90 valence electrons. The van der Waals surface area contributed by atoms with Crippen LogP contribution in [0.3, 0.4) is 0 Å². The molecule has 16 heavy (non-hydrogen) atoms. The Balaban J connectivity index is 0.000000325. The van der Waals surface area contributed by atoms with Crippen LogP contribution in [0.15, 0.2) is 24.5 Å². The largest absolute Gasteiger partial charge is 0.726 e. The van der Waals surface area contributed by atoms with Gasteiger partial charge >= 0.3 is 0 Å². The van der Waals surface area contributed by atoms with Crippen LogP contribution in [0, 0.1) is 0 Å². The van der Waals surface area contributed by atoms with Crippen molar-refractivity contribution in [2.45, 2.75) is 6.92 Å². The fourth-order valence-corrected chi connectivity index (χ4v) is 0.736. The second-order valence-corrected chi connectivity index (χ2v) is 4.03. The lowest BCUT2D eigenvalue weighted by Crippen LogP contribution is -2.26. The first-order valence-electron chi connectivity index (χ1n) is 4.24. The van der Waals surface area contributed by atoms with Crippen molar-refractivity contribution >= 4 is 16.2 Å². The molecule has 0 radical (unpaired) electrons. The number of nitrogens with zero attached hydrogens (tertiary/aromatic N) is 1. The standard InChI is InChI=1S/C8H10NO.CH4O4S/c1-7(10)8-3-5-9(2)6-4-8;1-5-6(2,3)4/h3-6H,1-2H3;1H3,(H,2,3,4)/q+1;/p-1. The molecule has 0 bridgehead atoms. The van der Waals surface area contributed by atoms with E-state index in [1.165, 1.54) is 0 Å². The number of aromatic nitrogens is 1. The number of aryl methyl sites for hydroxylation is 1. The number of carbonyl (C=O) groups excluding carboxylic acids is 1. The van der Waals surface area contributed by atoms with E-state index in [0.717, 1.165) is 12.7 Å². The highest BCUT2D eigenvalue weighted by molar-refractivity contribution is 7.80. The number of hydrogen-bond acceptors (Lipinski definition) is 5. The lowest BCUT2D eigenvalue weighted by molar-refractivity contribution is -0.671. The Kier molecular flexibility index (Phi) is 5.79. The molecule has 1 heterocycles. The summed E-state index contributed by atoms with van der Waals surface area (Å²) in [5.74, 6) is 0.112. The Morgan fingerprint density at radius 1 is 1.38 bits per heavy atom. The molecule has 1 aromatic rings. The van der Waals surface area contributed by atoms with Crippen molar-refractivity contribution in [3.8, 4) is 0 Å². The van der Waals surface area contributed by atoms with Gasteiger partial charge in [0.1, 0.15) is 7.05 Å². The van der Waals surface area contributed by atoms with Gasteiger partial charge in [0.2, 0.25) is 10.4 Å². The van der Waals surface area contributed by atoms with Gasteiger partial charge in [-0.3, -0.25) is 8.98 Å². The van der Waals surface area contributed by atoms with Crippen molar-refractivity contribution in [2.75, 3.05) is 7.11 Å². The minimum Gasteiger partial charge on any atom is -0.726 e. The lowest BCUT2D eigenvalue weighted by atomic mass is 10.2. The van der Waals surface area contributed by atoms with Crippen molar-refractivity contribution in [2.24, 2.45) is 7.05 Å². The minimum atomic E-state index is -4.41. The molecule has 0 saturated heterocycles. The van der Waals surface area contributed by atoms with E-state index < -0.39 is 10.4 Å². The van der Waals surface area contributed by atoms with Crippen molar-refractivity contribution < 1.29 is 26.5 Å². The molecule has 0 aromatic carbocycles. The number of ketones is 1. The summed E-state index contributed by atoms with van der Waals surface area (Å²) < 4.78 is 32.9. The molecule has 7 heteroatoms. The third-order valence-electron chi connectivity index (χ3n) is 1.59. The smallest absolute Gasteiger partial charge is 0.217 e. The van der Waals surface area contributed by atoms with Gasteiger partial charge in [-0.05, 0) is 6.92 Å². The first-order chi connectivity index (χ1) is 7.26. The number of pyridine rings is 1. The molecule has 0 saturated carbocycles. The van der Waals surface area contributed by atoms with E-state index >= 15 is 0 Å². The summed E-state index contributed by atoms with van der Waals surface area (Å²) in [6.45, 7) is 1.56. The van der Waals surface area contributed by atoms with Gasteiger partial charge in [0.15, 0.2) is 18.2 Å². The third-order valence-corrected chi connectivity index (χ3v) is 2.00. The van der Waals surface area contributed by atoms with E-state index in [-0.39, 0.29) is 5.78 Å². The summed E-state index contributed by atoms with van der Waals surface area (Å²) in [5.41, 5.74) is 0.762. The summed E-state index contributed by atoms with van der Waals surface area (Å²) in [6.07, 6.45) is 3.72. The van der Waals surface area contributed by atoms with E-state index in [9.17, 15) is 17.8 Å². The molecule has 0 aliphatic carbocycles. The topological polar surface area (TPSA) is 87.4 Å². The zero-order valence-electron chi connectivity index (χ0n) is 9.21. The average Bonchev–Trinajstić information content (AvgIpc) is 2.18. The zero-order chi connectivity index (χ0) is 12.8. The first-order valence-corrected chi connectivity index (χ1v) is 5.57. The molecule has 0 spiro atoms. The Morgan fingerprint density at radius 2 is 1.75 bits per heavy atom. The van der Waals surface area contributed by atoms with Crippen LogP contribution in [0.2, 0.25) is 0 Å². The Bertz CT molecular complexity index is 437. The second kappa shape index (κ2) is 6.31. The van der Waals surface area contributed by atoms with E-state index in [1.807, 2.05) is 36.1 Å². The molecular weight excluding hydrogens is 234 g/mol. The van der Waals surface area contributed by atoms with Crippen LogP contribution in [-0.4, -0.2) is 25.9 Å². The van der Waals surface area contributed by atoms with Crippen LogP contribution in [0.1, 0.15) is 17.3 Å². The molecule has 1 rings (SSSR count). The fourth-order valence-electron chi connectivity index (χ4n) is 0.736. The van der Waals surface area contributed by atoms with Crippen molar-refractivity contribution in [1.82, 2.24) is 0 Å². The van der Waals surface area contributed by atoms with Gasteiger partial charge in [-0.1, -0.05) is 0 Å². The lowest BCUT2D eigenvalue weighted by Gasteiger charge is -1.98. The monoisotopic (exact) mass is 247 g/mol. The van der Waals surface area contributed by atoms with Crippen LogP contribution in [0.4, 0.5) is 0 Å². The molecule has 0 amide bonds. The number of Topliss-reactive ketones (excluding diaryl/α,β-unsaturated/α-hetero) is 1. The van der Waals surface area contributed by atoms with Crippen LogP contribution in [0.25, 0.3) is 0 Å². The van der Waals surface area contributed by atoms with Gasteiger partial charge in [-0.25, -0.2) is 13.0 Å². The SMILES string of the molecule is CC(=O)c1cc[n+](C)cc1.COS(=O)(=O)[O-].